The van der Waals surface area contributed by atoms with E-state index in [9.17, 15) is 26.3 Å². The Bertz CT molecular complexity index is 1140. The van der Waals surface area contributed by atoms with Crippen LogP contribution in [-0.2, 0) is 0 Å². The monoisotopic (exact) mass is 465 g/mol. The van der Waals surface area contributed by atoms with Crippen molar-refractivity contribution in [2.24, 2.45) is 9.98 Å². The van der Waals surface area contributed by atoms with Gasteiger partial charge in [0.15, 0.2) is 11.6 Å². The molecule has 4 nitrogen and oxygen atoms in total. The smallest absolute Gasteiger partial charge is 0.443 e. The summed E-state index contributed by atoms with van der Waals surface area (Å²) in [5.41, 5.74) is -4.00. The van der Waals surface area contributed by atoms with E-state index in [1.165, 1.54) is 41.3 Å². The minimum absolute atomic E-state index is 0.0668. The Morgan fingerprint density at radius 2 is 1.30 bits per heavy atom. The molecule has 10 heteroatoms. The number of benzene rings is 2. The Morgan fingerprint density at radius 3 is 1.82 bits per heavy atom. The molecule has 1 aliphatic heterocycles. The van der Waals surface area contributed by atoms with Crippen LogP contribution in [0.5, 0.6) is 0 Å². The second-order valence-corrected chi connectivity index (χ2v) is 7.34. The normalized spacial score (nSPS) is 17.4. The maximum Gasteiger partial charge on any atom is 0.443 e. The highest BCUT2D eigenvalue weighted by atomic mass is 19.4. The highest BCUT2D eigenvalue weighted by Gasteiger charge is 2.74. The summed E-state index contributed by atoms with van der Waals surface area (Å²) < 4.78 is 89.6. The summed E-state index contributed by atoms with van der Waals surface area (Å²) in [6.45, 7) is 1.64. The lowest BCUT2D eigenvalue weighted by atomic mass is 10.0. The van der Waals surface area contributed by atoms with Gasteiger partial charge in [0, 0.05) is 5.56 Å². The summed E-state index contributed by atoms with van der Waals surface area (Å²) in [4.78, 5) is 7.73. The molecule has 2 aromatic carbocycles. The maximum atomic E-state index is 14.1. The van der Waals surface area contributed by atoms with Crippen molar-refractivity contribution in [1.29, 1.82) is 0 Å². The van der Waals surface area contributed by atoms with Crippen LogP contribution in [0.2, 0.25) is 0 Å². The van der Waals surface area contributed by atoms with Gasteiger partial charge in [0.25, 0.3) is 0 Å². The van der Waals surface area contributed by atoms with Gasteiger partial charge >= 0.3 is 18.0 Å². The van der Waals surface area contributed by atoms with Crippen molar-refractivity contribution in [3.05, 3.63) is 95.9 Å². The lowest BCUT2D eigenvalue weighted by molar-refractivity contribution is -0.293. The summed E-state index contributed by atoms with van der Waals surface area (Å²) in [5, 5.41) is 0. The lowest BCUT2D eigenvalue weighted by Gasteiger charge is -2.41. The van der Waals surface area contributed by atoms with Gasteiger partial charge < -0.3 is 9.32 Å². The van der Waals surface area contributed by atoms with Crippen LogP contribution in [0, 0.1) is 0 Å². The first kappa shape index (κ1) is 22.6. The second kappa shape index (κ2) is 8.09. The standard InChI is InChI=1S/C23H17F6N3O/c1-15(16-9-4-2-5-10-16)32-19(17-11-6-3-7-12-17)30-21(22(24,25)26,23(27,28)29)31-20(32)18-13-8-14-33-18/h2-15H,1H3. The fourth-order valence-electron chi connectivity index (χ4n) is 3.57. The summed E-state index contributed by atoms with van der Waals surface area (Å²) >= 11 is 0. The molecule has 0 bridgehead atoms. The summed E-state index contributed by atoms with van der Waals surface area (Å²) in [5.74, 6) is -1.40. The van der Waals surface area contributed by atoms with Gasteiger partial charge in [0.05, 0.1) is 12.3 Å². The molecular formula is C23H17F6N3O. The van der Waals surface area contributed by atoms with Gasteiger partial charge in [-0.3, -0.25) is 0 Å². The molecule has 1 aromatic heterocycles. The van der Waals surface area contributed by atoms with Crippen LogP contribution >= 0.6 is 0 Å². The highest BCUT2D eigenvalue weighted by molar-refractivity contribution is 6.15. The minimum atomic E-state index is -5.86. The zero-order valence-corrected chi connectivity index (χ0v) is 17.1. The number of hydrogen-bond acceptors (Lipinski definition) is 4. The first-order chi connectivity index (χ1) is 15.6. The summed E-state index contributed by atoms with van der Waals surface area (Å²) in [6.07, 6.45) is -10.6. The van der Waals surface area contributed by atoms with Crippen LogP contribution in [0.15, 0.2) is 93.5 Å². The molecule has 0 amide bonds. The van der Waals surface area contributed by atoms with Crippen molar-refractivity contribution in [3.63, 3.8) is 0 Å². The molecule has 0 spiro atoms. The quantitative estimate of drug-likeness (QED) is 0.420. The van der Waals surface area contributed by atoms with Crippen molar-refractivity contribution in [1.82, 2.24) is 4.90 Å². The average Bonchev–Trinajstić information content (AvgIpc) is 3.32. The van der Waals surface area contributed by atoms with Crippen LogP contribution in [0.1, 0.15) is 29.9 Å². The van der Waals surface area contributed by atoms with Gasteiger partial charge in [-0.25, -0.2) is 9.98 Å². The van der Waals surface area contributed by atoms with E-state index >= 15 is 0 Å². The van der Waals surface area contributed by atoms with E-state index in [2.05, 4.69) is 9.98 Å². The third-order valence-corrected chi connectivity index (χ3v) is 5.23. The lowest BCUT2D eigenvalue weighted by Crippen LogP contribution is -2.59. The van der Waals surface area contributed by atoms with Gasteiger partial charge in [0.2, 0.25) is 0 Å². The summed E-state index contributed by atoms with van der Waals surface area (Å²) in [7, 11) is 0. The average molecular weight is 465 g/mol. The van der Waals surface area contributed by atoms with E-state index in [1.54, 1.807) is 43.3 Å². The molecule has 3 aromatic rings. The predicted molar refractivity (Wildman–Crippen MR) is 110 cm³/mol. The number of halogens is 6. The Morgan fingerprint density at radius 1 is 0.758 bits per heavy atom. The van der Waals surface area contributed by atoms with Gasteiger partial charge in [-0.1, -0.05) is 60.7 Å². The van der Waals surface area contributed by atoms with Crippen molar-refractivity contribution in [2.75, 3.05) is 0 Å². The van der Waals surface area contributed by atoms with Gasteiger partial charge in [0.1, 0.15) is 5.84 Å². The molecule has 2 heterocycles. The Kier molecular flexibility index (Phi) is 5.55. The molecule has 0 N–H and O–H groups in total. The van der Waals surface area contributed by atoms with Gasteiger partial charge in [-0.05, 0) is 24.6 Å². The number of alkyl halides is 6. The maximum absolute atomic E-state index is 14.1. The molecule has 1 unspecified atom stereocenters. The molecule has 33 heavy (non-hydrogen) atoms. The van der Waals surface area contributed by atoms with Crippen molar-refractivity contribution in [2.45, 2.75) is 31.0 Å². The Balaban J connectivity index is 2.05. The SMILES string of the molecule is CC(c1ccccc1)N1C(c2ccccc2)=NC(C(F)(F)F)(C(F)(F)F)N=C1c1ccco1. The number of rotatable bonds is 4. The van der Waals surface area contributed by atoms with E-state index in [0.29, 0.717) is 5.56 Å². The zero-order chi connectivity index (χ0) is 23.9. The molecule has 4 rings (SSSR count). The van der Waals surface area contributed by atoms with E-state index < -0.39 is 35.7 Å². The van der Waals surface area contributed by atoms with Gasteiger partial charge in [-0.15, -0.1) is 0 Å². The molecule has 1 aliphatic rings. The Labute approximate surface area is 184 Å². The van der Waals surface area contributed by atoms with E-state index in [1.807, 2.05) is 0 Å². The van der Waals surface area contributed by atoms with E-state index in [0.717, 1.165) is 6.26 Å². The first-order valence-electron chi connectivity index (χ1n) is 9.82. The second-order valence-electron chi connectivity index (χ2n) is 7.34. The number of aliphatic imine (C=N–C) groups is 2. The van der Waals surface area contributed by atoms with Crippen LogP contribution < -0.4 is 0 Å². The molecular weight excluding hydrogens is 448 g/mol. The van der Waals surface area contributed by atoms with E-state index in [4.69, 9.17) is 4.42 Å². The Hall–Kier alpha value is -3.56. The van der Waals surface area contributed by atoms with Crippen LogP contribution in [-0.4, -0.2) is 34.6 Å². The minimum Gasteiger partial charge on any atom is -0.461 e. The van der Waals surface area contributed by atoms with Crippen molar-refractivity contribution in [3.8, 4) is 0 Å². The van der Waals surface area contributed by atoms with Crippen molar-refractivity contribution >= 4 is 11.7 Å². The molecule has 0 saturated heterocycles. The molecule has 0 saturated carbocycles. The zero-order valence-electron chi connectivity index (χ0n) is 17.1. The first-order valence-corrected chi connectivity index (χ1v) is 9.82. The number of amidine groups is 2. The van der Waals surface area contributed by atoms with Crippen LogP contribution in [0.4, 0.5) is 26.3 Å². The number of furan rings is 1. The highest BCUT2D eigenvalue weighted by Crippen LogP contribution is 2.50. The summed E-state index contributed by atoms with van der Waals surface area (Å²) in [6, 6.07) is 17.9. The number of hydrogen-bond donors (Lipinski definition) is 0. The number of nitrogens with zero attached hydrogens (tertiary/aromatic N) is 3. The van der Waals surface area contributed by atoms with Crippen LogP contribution in [0.25, 0.3) is 0 Å². The largest absolute Gasteiger partial charge is 0.461 e. The third kappa shape index (κ3) is 3.90. The molecule has 0 aliphatic carbocycles. The fourth-order valence-corrected chi connectivity index (χ4v) is 3.57. The molecule has 172 valence electrons. The van der Waals surface area contributed by atoms with E-state index in [-0.39, 0.29) is 11.3 Å². The predicted octanol–water partition coefficient (Wildman–Crippen LogP) is 6.37. The molecule has 0 radical (unpaired) electrons. The topological polar surface area (TPSA) is 41.1 Å². The molecule has 0 fully saturated rings. The van der Waals surface area contributed by atoms with Gasteiger partial charge in [-0.2, -0.15) is 26.3 Å². The molecule has 1 atom stereocenters. The van der Waals surface area contributed by atoms with Crippen molar-refractivity contribution < 1.29 is 30.8 Å². The third-order valence-electron chi connectivity index (χ3n) is 5.23. The fraction of sp³-hybridized carbons (Fsp3) is 0.217. The van der Waals surface area contributed by atoms with Crippen LogP contribution in [0.3, 0.4) is 0 Å².